The molecule has 30 heavy (non-hydrogen) atoms. The third kappa shape index (κ3) is 4.99. The van der Waals surface area contributed by atoms with Crippen LogP contribution in [-0.2, 0) is 9.53 Å². The van der Waals surface area contributed by atoms with Crippen molar-refractivity contribution in [3.05, 3.63) is 35.2 Å². The summed E-state index contributed by atoms with van der Waals surface area (Å²) in [6.07, 6.45) is 1.48. The van der Waals surface area contributed by atoms with Gasteiger partial charge in [-0.25, -0.2) is 0 Å². The summed E-state index contributed by atoms with van der Waals surface area (Å²) in [4.78, 5) is 19.9. The van der Waals surface area contributed by atoms with Crippen molar-refractivity contribution in [2.75, 3.05) is 33.9 Å². The van der Waals surface area contributed by atoms with Crippen molar-refractivity contribution in [3.63, 3.8) is 0 Å². The van der Waals surface area contributed by atoms with Crippen molar-refractivity contribution in [2.45, 2.75) is 19.8 Å². The molecule has 1 N–H and O–H groups in total. The van der Waals surface area contributed by atoms with Crippen LogP contribution in [0.4, 0.5) is 0 Å². The molecule has 6 nitrogen and oxygen atoms in total. The molecule has 0 unspecified atom stereocenters. The highest BCUT2D eigenvalue weighted by atomic mass is 32.1. The number of aromatic hydroxyl groups is 1. The molecule has 0 spiro atoms. The fourth-order valence-electron chi connectivity index (χ4n) is 3.46. The van der Waals surface area contributed by atoms with Crippen molar-refractivity contribution in [2.24, 2.45) is 10.9 Å². The predicted molar refractivity (Wildman–Crippen MR) is 124 cm³/mol. The van der Waals surface area contributed by atoms with E-state index in [4.69, 9.17) is 21.7 Å². The van der Waals surface area contributed by atoms with E-state index in [-0.39, 0.29) is 17.6 Å². The Bertz CT molecular complexity index is 929. The number of hydrogen-bond acceptors (Lipinski definition) is 7. The van der Waals surface area contributed by atoms with Gasteiger partial charge in [0.05, 0.1) is 36.5 Å². The van der Waals surface area contributed by atoms with Crippen LogP contribution in [0.15, 0.2) is 34.6 Å². The SMILES string of the molecule is COC(=O)C1CCN(C(=S)CN=C(C)c2csc(-c3ccc(OC)cc3)c2O)CC1. The van der Waals surface area contributed by atoms with Crippen LogP contribution < -0.4 is 4.74 Å². The molecule has 1 aromatic carbocycles. The van der Waals surface area contributed by atoms with E-state index < -0.39 is 0 Å². The molecule has 0 amide bonds. The Morgan fingerprint density at radius 3 is 2.53 bits per heavy atom. The summed E-state index contributed by atoms with van der Waals surface area (Å²) in [6, 6.07) is 7.59. The number of thiocarbonyl (C=S) groups is 1. The summed E-state index contributed by atoms with van der Waals surface area (Å²) in [5.74, 6) is 0.821. The fourth-order valence-corrected chi connectivity index (χ4v) is 4.72. The molecular weight excluding hydrogens is 420 g/mol. The number of hydrogen-bond donors (Lipinski definition) is 1. The first kappa shape index (κ1) is 22.2. The lowest BCUT2D eigenvalue weighted by atomic mass is 9.97. The second kappa shape index (κ2) is 10.0. The van der Waals surface area contributed by atoms with Gasteiger partial charge in [-0.1, -0.05) is 12.2 Å². The van der Waals surface area contributed by atoms with Crippen molar-refractivity contribution in [1.29, 1.82) is 0 Å². The standard InChI is InChI=1S/C22H26N2O4S2/c1-14(23-12-19(29)24-10-8-16(9-11-24)22(26)28-3)18-13-30-21(20(18)25)15-4-6-17(27-2)7-5-15/h4-7,13,16,25H,8-12H2,1-3H3. The molecule has 1 saturated heterocycles. The van der Waals surface area contributed by atoms with Crippen LogP contribution in [0.1, 0.15) is 25.3 Å². The molecule has 2 aromatic rings. The highest BCUT2D eigenvalue weighted by Gasteiger charge is 2.26. The average molecular weight is 447 g/mol. The number of methoxy groups -OCH3 is 2. The van der Waals surface area contributed by atoms with E-state index in [9.17, 15) is 9.90 Å². The molecule has 1 fully saturated rings. The summed E-state index contributed by atoms with van der Waals surface area (Å²) < 4.78 is 10.0. The normalized spacial score (nSPS) is 15.2. The topological polar surface area (TPSA) is 71.4 Å². The number of likely N-dealkylation sites (tertiary alicyclic amines) is 1. The number of esters is 1. The summed E-state index contributed by atoms with van der Waals surface area (Å²) >= 11 is 7.02. The van der Waals surface area contributed by atoms with Gasteiger partial charge in [0.25, 0.3) is 0 Å². The number of nitrogens with zero attached hydrogens (tertiary/aromatic N) is 2. The molecular formula is C22H26N2O4S2. The van der Waals surface area contributed by atoms with E-state index in [0.717, 1.165) is 58.4 Å². The van der Waals surface area contributed by atoms with Crippen LogP contribution in [0.3, 0.4) is 0 Å². The van der Waals surface area contributed by atoms with Gasteiger partial charge in [-0.15, -0.1) is 11.3 Å². The molecule has 1 aliphatic heterocycles. The van der Waals surface area contributed by atoms with Gasteiger partial charge in [0.15, 0.2) is 0 Å². The van der Waals surface area contributed by atoms with Gasteiger partial charge in [-0.2, -0.15) is 0 Å². The van der Waals surface area contributed by atoms with E-state index >= 15 is 0 Å². The van der Waals surface area contributed by atoms with Crippen LogP contribution >= 0.6 is 23.6 Å². The van der Waals surface area contributed by atoms with E-state index in [1.54, 1.807) is 7.11 Å². The van der Waals surface area contributed by atoms with Gasteiger partial charge in [-0.3, -0.25) is 9.79 Å². The minimum Gasteiger partial charge on any atom is -0.506 e. The van der Waals surface area contributed by atoms with Crippen LogP contribution in [0.2, 0.25) is 0 Å². The molecule has 3 rings (SSSR count). The third-order valence-electron chi connectivity index (χ3n) is 5.34. The number of benzene rings is 1. The Kier molecular flexibility index (Phi) is 7.44. The van der Waals surface area contributed by atoms with Gasteiger partial charge in [-0.05, 0) is 49.6 Å². The Labute approximate surface area is 186 Å². The van der Waals surface area contributed by atoms with Crippen LogP contribution in [0.5, 0.6) is 11.5 Å². The lowest BCUT2D eigenvalue weighted by Crippen LogP contribution is -2.40. The molecule has 0 aliphatic carbocycles. The second-order valence-corrected chi connectivity index (χ2v) is 8.49. The molecule has 0 radical (unpaired) electrons. The number of rotatable bonds is 6. The van der Waals surface area contributed by atoms with E-state index in [1.807, 2.05) is 36.6 Å². The minimum absolute atomic E-state index is 0.0431. The van der Waals surface area contributed by atoms with Gasteiger partial charge in [0, 0.05) is 29.7 Å². The van der Waals surface area contributed by atoms with Crippen LogP contribution in [0.25, 0.3) is 10.4 Å². The first-order valence-corrected chi connectivity index (χ1v) is 11.0. The molecule has 0 saturated carbocycles. The van der Waals surface area contributed by atoms with Gasteiger partial charge in [0.2, 0.25) is 0 Å². The predicted octanol–water partition coefficient (Wildman–Crippen LogP) is 4.15. The maximum atomic E-state index is 11.7. The fraction of sp³-hybridized carbons (Fsp3) is 0.409. The Hall–Kier alpha value is -2.45. The lowest BCUT2D eigenvalue weighted by molar-refractivity contribution is -0.146. The molecule has 1 aromatic heterocycles. The van der Waals surface area contributed by atoms with Crippen molar-refractivity contribution in [3.8, 4) is 21.9 Å². The summed E-state index contributed by atoms with van der Waals surface area (Å²) in [5.41, 5.74) is 2.40. The molecule has 2 heterocycles. The molecule has 8 heteroatoms. The maximum absolute atomic E-state index is 11.7. The maximum Gasteiger partial charge on any atom is 0.308 e. The van der Waals surface area contributed by atoms with Crippen molar-refractivity contribution >= 4 is 40.2 Å². The molecule has 0 bridgehead atoms. The molecule has 1 aliphatic rings. The number of carbonyl (C=O) groups excluding carboxylic acids is 1. The first-order chi connectivity index (χ1) is 14.4. The van der Waals surface area contributed by atoms with Crippen molar-refractivity contribution in [1.82, 2.24) is 4.90 Å². The minimum atomic E-state index is -0.143. The lowest BCUT2D eigenvalue weighted by Gasteiger charge is -2.32. The van der Waals surface area contributed by atoms with E-state index in [0.29, 0.717) is 6.54 Å². The van der Waals surface area contributed by atoms with E-state index in [1.165, 1.54) is 18.4 Å². The second-order valence-electron chi connectivity index (χ2n) is 7.14. The summed E-state index contributed by atoms with van der Waals surface area (Å²) in [5, 5.41) is 12.6. The van der Waals surface area contributed by atoms with E-state index in [2.05, 4.69) is 9.89 Å². The Morgan fingerprint density at radius 2 is 1.93 bits per heavy atom. The number of thiophene rings is 1. The van der Waals surface area contributed by atoms with Crippen LogP contribution in [0, 0.1) is 5.92 Å². The quantitative estimate of drug-likeness (QED) is 0.408. The van der Waals surface area contributed by atoms with Crippen molar-refractivity contribution < 1.29 is 19.4 Å². The zero-order valence-electron chi connectivity index (χ0n) is 17.4. The van der Waals surface area contributed by atoms with Gasteiger partial charge < -0.3 is 19.5 Å². The smallest absolute Gasteiger partial charge is 0.308 e. The average Bonchev–Trinajstić information content (AvgIpc) is 3.18. The monoisotopic (exact) mass is 446 g/mol. The summed E-state index contributed by atoms with van der Waals surface area (Å²) in [7, 11) is 3.05. The van der Waals surface area contributed by atoms with Gasteiger partial charge >= 0.3 is 5.97 Å². The largest absolute Gasteiger partial charge is 0.506 e. The van der Waals surface area contributed by atoms with Crippen LogP contribution in [-0.4, -0.2) is 60.5 Å². The number of carbonyl (C=O) groups is 1. The number of aliphatic imine (C=N–C) groups is 1. The molecule has 0 atom stereocenters. The highest BCUT2D eigenvalue weighted by Crippen LogP contribution is 2.39. The third-order valence-corrected chi connectivity index (χ3v) is 6.75. The molecule has 160 valence electrons. The Balaban J connectivity index is 1.62. The number of ether oxygens (including phenoxy) is 2. The summed E-state index contributed by atoms with van der Waals surface area (Å²) in [6.45, 7) is 3.74. The Morgan fingerprint density at radius 1 is 1.27 bits per heavy atom. The van der Waals surface area contributed by atoms with Gasteiger partial charge in [0.1, 0.15) is 11.5 Å². The highest BCUT2D eigenvalue weighted by molar-refractivity contribution is 7.80. The zero-order valence-corrected chi connectivity index (χ0v) is 19.0. The number of piperidine rings is 1. The zero-order chi connectivity index (χ0) is 21.7. The first-order valence-electron chi connectivity index (χ1n) is 9.76.